The summed E-state index contributed by atoms with van der Waals surface area (Å²) < 4.78 is 9.70. The standard InChI is InChI=1S/C14H20O6/c1-4-8-11(14(18)20-6-3)10(15)7-9(12(8)16)13(17)19-5-2/h8,15-16H,4-7H2,1-3H3. The van der Waals surface area contributed by atoms with Gasteiger partial charge in [0.05, 0.1) is 30.3 Å². The molecule has 112 valence electrons. The fourth-order valence-corrected chi connectivity index (χ4v) is 2.16. The first-order valence-corrected chi connectivity index (χ1v) is 6.66. The number of ether oxygens (including phenoxy) is 2. The van der Waals surface area contributed by atoms with E-state index in [0.717, 1.165) is 0 Å². The van der Waals surface area contributed by atoms with Gasteiger partial charge in [0.2, 0.25) is 0 Å². The summed E-state index contributed by atoms with van der Waals surface area (Å²) in [6.45, 7) is 5.37. The summed E-state index contributed by atoms with van der Waals surface area (Å²) in [7, 11) is 0. The number of hydrogen-bond acceptors (Lipinski definition) is 6. The van der Waals surface area contributed by atoms with Crippen LogP contribution < -0.4 is 0 Å². The van der Waals surface area contributed by atoms with Crippen LogP contribution in [0.3, 0.4) is 0 Å². The average molecular weight is 284 g/mol. The van der Waals surface area contributed by atoms with Crippen LogP contribution in [0.15, 0.2) is 22.7 Å². The number of esters is 2. The predicted molar refractivity (Wildman–Crippen MR) is 71.0 cm³/mol. The second kappa shape index (κ2) is 6.98. The largest absolute Gasteiger partial charge is 0.511 e. The van der Waals surface area contributed by atoms with Gasteiger partial charge >= 0.3 is 11.9 Å². The van der Waals surface area contributed by atoms with Crippen molar-refractivity contribution >= 4 is 11.9 Å². The third-order valence-corrected chi connectivity index (χ3v) is 3.07. The van der Waals surface area contributed by atoms with Crippen LogP contribution in [0, 0.1) is 5.92 Å². The first kappa shape index (κ1) is 16.1. The number of allylic oxidation sites excluding steroid dienone is 2. The van der Waals surface area contributed by atoms with E-state index < -0.39 is 17.9 Å². The van der Waals surface area contributed by atoms with Gasteiger partial charge in [-0.2, -0.15) is 0 Å². The fraction of sp³-hybridized carbons (Fsp3) is 0.571. The molecule has 0 bridgehead atoms. The smallest absolute Gasteiger partial charge is 0.338 e. The van der Waals surface area contributed by atoms with E-state index in [1.54, 1.807) is 20.8 Å². The monoisotopic (exact) mass is 284 g/mol. The molecule has 0 fully saturated rings. The second-order valence-corrected chi connectivity index (χ2v) is 4.30. The Morgan fingerprint density at radius 2 is 1.65 bits per heavy atom. The zero-order valence-corrected chi connectivity index (χ0v) is 11.9. The topological polar surface area (TPSA) is 93.1 Å². The molecule has 6 heteroatoms. The molecule has 0 aromatic carbocycles. The van der Waals surface area contributed by atoms with Crippen LogP contribution in [-0.4, -0.2) is 35.4 Å². The minimum absolute atomic E-state index is 0.00996. The van der Waals surface area contributed by atoms with Crippen molar-refractivity contribution in [2.24, 2.45) is 5.92 Å². The van der Waals surface area contributed by atoms with Crippen LogP contribution in [-0.2, 0) is 19.1 Å². The van der Waals surface area contributed by atoms with E-state index in [0.29, 0.717) is 6.42 Å². The predicted octanol–water partition coefficient (Wildman–Crippen LogP) is 2.17. The number of rotatable bonds is 5. The lowest BCUT2D eigenvalue weighted by Gasteiger charge is -2.25. The van der Waals surface area contributed by atoms with Crippen LogP contribution in [0.4, 0.5) is 0 Å². The van der Waals surface area contributed by atoms with Gasteiger partial charge in [-0.25, -0.2) is 9.59 Å². The highest BCUT2D eigenvalue weighted by Crippen LogP contribution is 2.35. The third-order valence-electron chi connectivity index (χ3n) is 3.07. The maximum atomic E-state index is 11.8. The van der Waals surface area contributed by atoms with Crippen molar-refractivity contribution in [3.63, 3.8) is 0 Å². The molecule has 0 aromatic heterocycles. The molecule has 0 amide bonds. The molecule has 0 saturated heterocycles. The van der Waals surface area contributed by atoms with Gasteiger partial charge in [-0.1, -0.05) is 6.92 Å². The first-order chi connectivity index (χ1) is 9.47. The molecule has 0 spiro atoms. The first-order valence-electron chi connectivity index (χ1n) is 6.66. The van der Waals surface area contributed by atoms with Gasteiger partial charge in [0.15, 0.2) is 0 Å². The fourth-order valence-electron chi connectivity index (χ4n) is 2.16. The molecule has 0 aliphatic heterocycles. The Morgan fingerprint density at radius 3 is 2.15 bits per heavy atom. The molecule has 1 aliphatic carbocycles. The van der Waals surface area contributed by atoms with E-state index in [1.807, 2.05) is 0 Å². The molecule has 0 saturated carbocycles. The van der Waals surface area contributed by atoms with Crippen LogP contribution in [0.1, 0.15) is 33.6 Å². The molecule has 20 heavy (non-hydrogen) atoms. The Kier molecular flexibility index (Phi) is 5.61. The number of hydrogen-bond donors (Lipinski definition) is 2. The Labute approximate surface area is 117 Å². The molecule has 1 unspecified atom stereocenters. The Bertz CT molecular complexity index is 460. The number of carbonyl (C=O) groups excluding carboxylic acids is 2. The lowest BCUT2D eigenvalue weighted by molar-refractivity contribution is -0.141. The summed E-state index contributed by atoms with van der Waals surface area (Å²) in [4.78, 5) is 23.6. The van der Waals surface area contributed by atoms with E-state index in [9.17, 15) is 19.8 Å². The van der Waals surface area contributed by atoms with Crippen molar-refractivity contribution in [3.8, 4) is 0 Å². The van der Waals surface area contributed by atoms with E-state index >= 15 is 0 Å². The molecule has 1 aliphatic rings. The zero-order chi connectivity index (χ0) is 15.3. The number of carbonyl (C=O) groups is 2. The molecule has 1 rings (SSSR count). The van der Waals surface area contributed by atoms with Gasteiger partial charge in [-0.15, -0.1) is 0 Å². The van der Waals surface area contributed by atoms with Crippen molar-refractivity contribution < 1.29 is 29.3 Å². The summed E-state index contributed by atoms with van der Waals surface area (Å²) in [5.74, 6) is -2.59. The number of aliphatic hydroxyl groups is 2. The van der Waals surface area contributed by atoms with E-state index in [1.165, 1.54) is 0 Å². The normalized spacial score (nSPS) is 19.1. The van der Waals surface area contributed by atoms with Gasteiger partial charge < -0.3 is 19.7 Å². The summed E-state index contributed by atoms with van der Waals surface area (Å²) in [5, 5.41) is 20.2. The maximum absolute atomic E-state index is 11.8. The maximum Gasteiger partial charge on any atom is 0.338 e. The van der Waals surface area contributed by atoms with Gasteiger partial charge in [-0.05, 0) is 20.3 Å². The molecule has 2 N–H and O–H groups in total. The van der Waals surface area contributed by atoms with Crippen LogP contribution >= 0.6 is 0 Å². The van der Waals surface area contributed by atoms with Gasteiger partial charge in [0.25, 0.3) is 0 Å². The molecular formula is C14H20O6. The third kappa shape index (κ3) is 3.12. The molecule has 0 aromatic rings. The van der Waals surface area contributed by atoms with Gasteiger partial charge in [-0.3, -0.25) is 0 Å². The Balaban J connectivity index is 3.13. The van der Waals surface area contributed by atoms with Crippen molar-refractivity contribution in [2.45, 2.75) is 33.6 Å². The van der Waals surface area contributed by atoms with Gasteiger partial charge in [0.1, 0.15) is 11.5 Å². The van der Waals surface area contributed by atoms with E-state index in [2.05, 4.69) is 0 Å². The highest BCUT2D eigenvalue weighted by Gasteiger charge is 2.36. The second-order valence-electron chi connectivity index (χ2n) is 4.30. The van der Waals surface area contributed by atoms with E-state index in [-0.39, 0.29) is 42.3 Å². The van der Waals surface area contributed by atoms with Crippen LogP contribution in [0.25, 0.3) is 0 Å². The minimum atomic E-state index is -0.748. The zero-order valence-electron chi connectivity index (χ0n) is 11.9. The molecule has 6 nitrogen and oxygen atoms in total. The van der Waals surface area contributed by atoms with E-state index in [4.69, 9.17) is 9.47 Å². The summed E-state index contributed by atoms with van der Waals surface area (Å²) in [6.07, 6.45) is 0.127. The molecule has 1 atom stereocenters. The Hall–Kier alpha value is -1.98. The lowest BCUT2D eigenvalue weighted by Crippen LogP contribution is -2.26. The highest BCUT2D eigenvalue weighted by molar-refractivity contribution is 5.95. The highest BCUT2D eigenvalue weighted by atomic mass is 16.5. The van der Waals surface area contributed by atoms with Crippen LogP contribution in [0.2, 0.25) is 0 Å². The quantitative estimate of drug-likeness (QED) is 0.751. The number of aliphatic hydroxyl groups excluding tert-OH is 2. The average Bonchev–Trinajstić information content (AvgIpc) is 2.40. The minimum Gasteiger partial charge on any atom is -0.511 e. The van der Waals surface area contributed by atoms with Crippen LogP contribution in [0.5, 0.6) is 0 Å². The molecule has 0 radical (unpaired) electrons. The summed E-state index contributed by atoms with van der Waals surface area (Å²) in [5.41, 5.74) is 0.00384. The summed E-state index contributed by atoms with van der Waals surface area (Å²) in [6, 6.07) is 0. The van der Waals surface area contributed by atoms with Crippen molar-refractivity contribution in [3.05, 3.63) is 22.7 Å². The molecule has 0 heterocycles. The van der Waals surface area contributed by atoms with Crippen molar-refractivity contribution in [1.29, 1.82) is 0 Å². The lowest BCUT2D eigenvalue weighted by atomic mass is 9.84. The molecular weight excluding hydrogens is 264 g/mol. The van der Waals surface area contributed by atoms with Crippen molar-refractivity contribution in [1.82, 2.24) is 0 Å². The van der Waals surface area contributed by atoms with Crippen molar-refractivity contribution in [2.75, 3.05) is 13.2 Å². The van der Waals surface area contributed by atoms with Gasteiger partial charge in [0, 0.05) is 6.42 Å². The Morgan fingerprint density at radius 1 is 1.10 bits per heavy atom. The SMILES string of the molecule is CCOC(=O)C1=C(O)C(CC)C(C(=O)OCC)=C(O)C1. The summed E-state index contributed by atoms with van der Waals surface area (Å²) >= 11 is 0.